The van der Waals surface area contributed by atoms with Gasteiger partial charge in [-0.3, -0.25) is 19.2 Å². The Morgan fingerprint density at radius 3 is 2.21 bits per heavy atom. The lowest BCUT2D eigenvalue weighted by Crippen LogP contribution is -2.44. The molecule has 8 nitrogen and oxygen atoms in total. The molecule has 0 aromatic rings. The van der Waals surface area contributed by atoms with Gasteiger partial charge < -0.3 is 20.7 Å². The van der Waals surface area contributed by atoms with E-state index in [9.17, 15) is 19.2 Å². The molecule has 0 bridgehead atoms. The zero-order valence-corrected chi connectivity index (χ0v) is 16.3. The summed E-state index contributed by atoms with van der Waals surface area (Å²) in [4.78, 5) is 47.0. The van der Waals surface area contributed by atoms with Crippen molar-refractivity contribution in [3.05, 3.63) is 8.96 Å². The second-order valence-corrected chi connectivity index (χ2v) is 6.53. The number of hydrogen-bond acceptors (Lipinski definition) is 5. The van der Waals surface area contributed by atoms with E-state index >= 15 is 0 Å². The monoisotopic (exact) mass is 467 g/mol. The summed E-state index contributed by atoms with van der Waals surface area (Å²) in [5, 5.41) is 7.85. The maximum Gasteiger partial charge on any atom is 0.305 e. The lowest BCUT2D eigenvalue weighted by atomic mass is 10.1. The standard InChI is InChI=1S/C14H19Br2N3O5/c1-2-24-9(20)4-3-5-17-12(21)8-6-18-13(22)10(15)11(16)14(23)19-7-8/h8H,2-7H2,1H3,(H,17,21)(H,18,22)(H,19,23)/b11-10-. The van der Waals surface area contributed by atoms with Gasteiger partial charge in [0.05, 0.1) is 12.5 Å². The smallest absolute Gasteiger partial charge is 0.305 e. The largest absolute Gasteiger partial charge is 0.466 e. The molecule has 3 amide bonds. The van der Waals surface area contributed by atoms with Crippen LogP contribution in [0.3, 0.4) is 0 Å². The van der Waals surface area contributed by atoms with E-state index in [0.29, 0.717) is 19.6 Å². The lowest BCUT2D eigenvalue weighted by molar-refractivity contribution is -0.143. The highest BCUT2D eigenvalue weighted by Crippen LogP contribution is 2.19. The van der Waals surface area contributed by atoms with Crippen LogP contribution in [0, 0.1) is 5.92 Å². The fourth-order valence-corrected chi connectivity index (χ4v) is 2.51. The van der Waals surface area contributed by atoms with Gasteiger partial charge in [-0.15, -0.1) is 0 Å². The zero-order valence-electron chi connectivity index (χ0n) is 13.1. The predicted octanol–water partition coefficient (Wildman–Crippen LogP) is 0.309. The van der Waals surface area contributed by atoms with Crippen molar-refractivity contribution in [3.8, 4) is 0 Å². The number of rotatable bonds is 6. The van der Waals surface area contributed by atoms with Gasteiger partial charge >= 0.3 is 5.97 Å². The molecule has 0 spiro atoms. The van der Waals surface area contributed by atoms with E-state index in [4.69, 9.17) is 4.74 Å². The summed E-state index contributed by atoms with van der Waals surface area (Å²) in [5.41, 5.74) is 0. The maximum absolute atomic E-state index is 12.2. The predicted molar refractivity (Wildman–Crippen MR) is 93.3 cm³/mol. The number of ether oxygens (including phenoxy) is 1. The maximum atomic E-state index is 12.2. The summed E-state index contributed by atoms with van der Waals surface area (Å²) >= 11 is 6.06. The minimum absolute atomic E-state index is 0.0653. The number of amides is 3. The Hall–Kier alpha value is -1.42. The summed E-state index contributed by atoms with van der Waals surface area (Å²) in [6.07, 6.45) is 0.671. The third-order valence-corrected chi connectivity index (χ3v) is 5.19. The summed E-state index contributed by atoms with van der Waals surface area (Å²) < 4.78 is 4.92. The molecule has 1 aliphatic heterocycles. The average molecular weight is 469 g/mol. The fourth-order valence-electron chi connectivity index (χ4n) is 1.87. The Morgan fingerprint density at radius 2 is 1.71 bits per heavy atom. The number of nitrogens with one attached hydrogen (secondary N) is 3. The lowest BCUT2D eigenvalue weighted by Gasteiger charge is -2.16. The molecule has 0 radical (unpaired) electrons. The van der Waals surface area contributed by atoms with E-state index in [0.717, 1.165) is 0 Å². The van der Waals surface area contributed by atoms with Gasteiger partial charge in [0.25, 0.3) is 11.8 Å². The third-order valence-electron chi connectivity index (χ3n) is 3.14. The molecular formula is C14H19Br2N3O5. The molecule has 1 heterocycles. The Bertz CT molecular complexity index is 523. The molecule has 0 saturated carbocycles. The number of carbonyl (C=O) groups is 4. The molecule has 0 aromatic heterocycles. The molecular weight excluding hydrogens is 450 g/mol. The van der Waals surface area contributed by atoms with Crippen LogP contribution < -0.4 is 16.0 Å². The minimum atomic E-state index is -0.612. The van der Waals surface area contributed by atoms with Crippen molar-refractivity contribution in [1.82, 2.24) is 16.0 Å². The molecule has 0 saturated heterocycles. The van der Waals surface area contributed by atoms with Crippen LogP contribution in [0.25, 0.3) is 0 Å². The van der Waals surface area contributed by atoms with Crippen LogP contribution in [0.4, 0.5) is 0 Å². The molecule has 3 N–H and O–H groups in total. The molecule has 0 unspecified atom stereocenters. The van der Waals surface area contributed by atoms with Gasteiger partial charge in [0.1, 0.15) is 8.96 Å². The number of carbonyl (C=O) groups excluding carboxylic acids is 4. The molecule has 134 valence electrons. The molecule has 1 rings (SSSR count). The molecule has 1 aliphatic rings. The van der Waals surface area contributed by atoms with E-state index in [2.05, 4.69) is 47.8 Å². The number of hydrogen-bond donors (Lipinski definition) is 3. The van der Waals surface area contributed by atoms with E-state index in [1.165, 1.54) is 0 Å². The normalized spacial score (nSPS) is 19.5. The van der Waals surface area contributed by atoms with Crippen LogP contribution in [-0.2, 0) is 23.9 Å². The van der Waals surface area contributed by atoms with Crippen molar-refractivity contribution >= 4 is 55.6 Å². The van der Waals surface area contributed by atoms with Crippen molar-refractivity contribution in [2.24, 2.45) is 5.92 Å². The highest BCUT2D eigenvalue weighted by Gasteiger charge is 2.25. The van der Waals surface area contributed by atoms with E-state index in [-0.39, 0.29) is 40.4 Å². The van der Waals surface area contributed by atoms with E-state index in [1.54, 1.807) is 6.92 Å². The fraction of sp³-hybridized carbons (Fsp3) is 0.571. The number of halogens is 2. The van der Waals surface area contributed by atoms with Gasteiger partial charge in [-0.2, -0.15) is 0 Å². The molecule has 0 atom stereocenters. The van der Waals surface area contributed by atoms with Crippen LogP contribution in [0.5, 0.6) is 0 Å². The van der Waals surface area contributed by atoms with Crippen molar-refractivity contribution in [3.63, 3.8) is 0 Å². The first-order valence-electron chi connectivity index (χ1n) is 7.41. The topological polar surface area (TPSA) is 114 Å². The van der Waals surface area contributed by atoms with E-state index in [1.807, 2.05) is 0 Å². The third kappa shape index (κ3) is 6.60. The van der Waals surface area contributed by atoms with Crippen LogP contribution in [-0.4, -0.2) is 49.9 Å². The van der Waals surface area contributed by atoms with Gasteiger partial charge in [0.2, 0.25) is 5.91 Å². The minimum Gasteiger partial charge on any atom is -0.466 e. The second kappa shape index (κ2) is 10.4. The average Bonchev–Trinajstić information content (AvgIpc) is 2.60. The highest BCUT2D eigenvalue weighted by molar-refractivity contribution is 9.14. The van der Waals surface area contributed by atoms with Crippen molar-refractivity contribution in [2.45, 2.75) is 19.8 Å². The first-order valence-corrected chi connectivity index (χ1v) is 9.00. The van der Waals surface area contributed by atoms with Crippen LogP contribution in [0.15, 0.2) is 8.96 Å². The van der Waals surface area contributed by atoms with Crippen molar-refractivity contribution in [1.29, 1.82) is 0 Å². The Kier molecular flexibility index (Phi) is 8.98. The first-order chi connectivity index (χ1) is 11.4. The molecule has 10 heteroatoms. The summed E-state index contributed by atoms with van der Waals surface area (Å²) in [6, 6.07) is 0. The van der Waals surface area contributed by atoms with Crippen molar-refractivity contribution < 1.29 is 23.9 Å². The highest BCUT2D eigenvalue weighted by atomic mass is 79.9. The van der Waals surface area contributed by atoms with E-state index < -0.39 is 17.7 Å². The van der Waals surface area contributed by atoms with Gasteiger partial charge in [-0.25, -0.2) is 0 Å². The summed E-state index contributed by atoms with van der Waals surface area (Å²) in [5.74, 6) is -2.21. The SMILES string of the molecule is CCOC(=O)CCCNC(=O)C1CNC(=O)/C(Br)=C(/Br)C(=O)NC1. The van der Waals surface area contributed by atoms with Gasteiger partial charge in [-0.05, 0) is 45.2 Å². The Balaban J connectivity index is 2.49. The van der Waals surface area contributed by atoms with Crippen LogP contribution in [0.1, 0.15) is 19.8 Å². The van der Waals surface area contributed by atoms with Gasteiger partial charge in [0, 0.05) is 26.1 Å². The molecule has 24 heavy (non-hydrogen) atoms. The molecule has 0 aromatic carbocycles. The van der Waals surface area contributed by atoms with Crippen molar-refractivity contribution in [2.75, 3.05) is 26.2 Å². The van der Waals surface area contributed by atoms with Crippen LogP contribution >= 0.6 is 31.9 Å². The zero-order chi connectivity index (χ0) is 18.1. The van der Waals surface area contributed by atoms with Gasteiger partial charge in [-0.1, -0.05) is 0 Å². The molecule has 0 aliphatic carbocycles. The van der Waals surface area contributed by atoms with Gasteiger partial charge in [0.15, 0.2) is 0 Å². The quantitative estimate of drug-likeness (QED) is 0.383. The first kappa shape index (κ1) is 20.6. The Labute approximate surface area is 156 Å². The molecule has 0 fully saturated rings. The van der Waals surface area contributed by atoms with Crippen LogP contribution in [0.2, 0.25) is 0 Å². The number of esters is 1. The summed E-state index contributed by atoms with van der Waals surface area (Å²) in [6.45, 7) is 2.52. The summed E-state index contributed by atoms with van der Waals surface area (Å²) in [7, 11) is 0. The second-order valence-electron chi connectivity index (χ2n) is 4.94. The Morgan fingerprint density at radius 1 is 1.17 bits per heavy atom.